The Labute approximate surface area is 116 Å². The van der Waals surface area contributed by atoms with Crippen LogP contribution in [0, 0.1) is 0 Å². The summed E-state index contributed by atoms with van der Waals surface area (Å²) in [7, 11) is 3.67. The Bertz CT molecular complexity index is 495. The van der Waals surface area contributed by atoms with Crippen LogP contribution in [0.25, 0.3) is 0 Å². The lowest BCUT2D eigenvalue weighted by molar-refractivity contribution is 0.0697. The average molecular weight is 284 g/mol. The summed E-state index contributed by atoms with van der Waals surface area (Å²) in [6, 6.07) is 0. The number of carboxylic acid groups (broad SMARTS) is 1. The van der Waals surface area contributed by atoms with Gasteiger partial charge in [-0.1, -0.05) is 0 Å². The van der Waals surface area contributed by atoms with Crippen LogP contribution in [0.2, 0.25) is 0 Å². The highest BCUT2D eigenvalue weighted by Crippen LogP contribution is 2.38. The molecule has 1 aliphatic carbocycles. The van der Waals surface area contributed by atoms with Crippen LogP contribution in [0.1, 0.15) is 33.6 Å². The second-order valence-corrected chi connectivity index (χ2v) is 6.04. The molecule has 0 aliphatic heterocycles. The minimum absolute atomic E-state index is 0.416. The first-order valence-electron chi connectivity index (χ1n) is 5.87. The number of fused-ring (bicyclic) bond motifs is 1. The number of nitrogens with zero attached hydrogens (tertiary/aromatic N) is 1. The number of nitrogens with one attached hydrogen (secondary N) is 1. The summed E-state index contributed by atoms with van der Waals surface area (Å²) in [6.07, 6.45) is 4.06. The third-order valence-electron chi connectivity index (χ3n) is 3.01. The zero-order valence-corrected chi connectivity index (χ0v) is 12.1. The molecule has 6 heteroatoms. The monoisotopic (exact) mass is 284 g/mol. The van der Waals surface area contributed by atoms with E-state index < -0.39 is 5.97 Å². The first kappa shape index (κ1) is 13.3. The molecule has 2 N–H and O–H groups in total. The topological polar surface area (TPSA) is 52.6 Å². The molecule has 18 heavy (non-hydrogen) atoms. The van der Waals surface area contributed by atoms with Crippen molar-refractivity contribution in [1.29, 1.82) is 0 Å². The van der Waals surface area contributed by atoms with Crippen molar-refractivity contribution in [3.8, 4) is 0 Å². The van der Waals surface area contributed by atoms with E-state index in [1.165, 1.54) is 16.2 Å². The van der Waals surface area contributed by atoms with Gasteiger partial charge in [0, 0.05) is 19.0 Å². The lowest BCUT2D eigenvalue weighted by atomic mass is 9.95. The highest BCUT2D eigenvalue weighted by molar-refractivity contribution is 7.80. The van der Waals surface area contributed by atoms with Crippen LogP contribution in [-0.4, -0.2) is 35.2 Å². The summed E-state index contributed by atoms with van der Waals surface area (Å²) < 4.78 is 0. The molecule has 0 aromatic carbocycles. The fraction of sp³-hybridized carbons (Fsp3) is 0.500. The van der Waals surface area contributed by atoms with Crippen molar-refractivity contribution in [3.05, 3.63) is 16.0 Å². The average Bonchev–Trinajstić information content (AvgIpc) is 2.66. The first-order chi connectivity index (χ1) is 8.50. The zero-order chi connectivity index (χ0) is 13.3. The van der Waals surface area contributed by atoms with Crippen LogP contribution in [0.4, 0.5) is 5.00 Å². The summed E-state index contributed by atoms with van der Waals surface area (Å²) in [5.41, 5.74) is 1.42. The van der Waals surface area contributed by atoms with Crippen molar-refractivity contribution < 1.29 is 9.90 Å². The molecule has 0 atom stereocenters. The standard InChI is InChI=1S/C12H16N2O2S2/c1-14(2)12(17)13-10-9(11(15)16)7-5-3-4-6-8(7)18-10/h3-6H2,1-2H3,(H,13,17)(H,15,16). The predicted molar refractivity (Wildman–Crippen MR) is 77.8 cm³/mol. The number of aromatic carboxylic acids is 1. The molecule has 98 valence electrons. The van der Waals surface area contributed by atoms with Crippen molar-refractivity contribution in [2.75, 3.05) is 19.4 Å². The van der Waals surface area contributed by atoms with Gasteiger partial charge in [-0.2, -0.15) is 0 Å². The van der Waals surface area contributed by atoms with Crippen LogP contribution in [0.15, 0.2) is 0 Å². The minimum Gasteiger partial charge on any atom is -0.478 e. The minimum atomic E-state index is -0.863. The quantitative estimate of drug-likeness (QED) is 0.818. The van der Waals surface area contributed by atoms with Gasteiger partial charge in [0.2, 0.25) is 0 Å². The number of hydrogen-bond acceptors (Lipinski definition) is 3. The van der Waals surface area contributed by atoms with Crippen LogP contribution >= 0.6 is 23.6 Å². The van der Waals surface area contributed by atoms with E-state index in [1.54, 1.807) is 4.90 Å². The number of carboxylic acids is 1. The summed E-state index contributed by atoms with van der Waals surface area (Å²) in [6.45, 7) is 0. The molecule has 1 aliphatic rings. The van der Waals surface area contributed by atoms with Gasteiger partial charge in [0.15, 0.2) is 5.11 Å². The molecule has 0 spiro atoms. The van der Waals surface area contributed by atoms with Crippen LogP contribution in [0.3, 0.4) is 0 Å². The highest BCUT2D eigenvalue weighted by Gasteiger charge is 2.25. The van der Waals surface area contributed by atoms with Gasteiger partial charge < -0.3 is 15.3 Å². The number of carbonyl (C=O) groups is 1. The molecule has 2 rings (SSSR count). The lowest BCUT2D eigenvalue weighted by Crippen LogP contribution is -2.27. The summed E-state index contributed by atoms with van der Waals surface area (Å²) in [5, 5.41) is 13.6. The summed E-state index contributed by atoms with van der Waals surface area (Å²) in [5.74, 6) is -0.863. The zero-order valence-electron chi connectivity index (χ0n) is 10.4. The molecule has 0 fully saturated rings. The number of thiophene rings is 1. The third kappa shape index (κ3) is 2.49. The van der Waals surface area contributed by atoms with E-state index in [9.17, 15) is 9.90 Å². The van der Waals surface area contributed by atoms with E-state index >= 15 is 0 Å². The molecule has 1 aromatic heterocycles. The van der Waals surface area contributed by atoms with Gasteiger partial charge in [-0.25, -0.2) is 4.79 Å². The maximum absolute atomic E-state index is 11.4. The molecule has 1 heterocycles. The fourth-order valence-electron chi connectivity index (χ4n) is 2.09. The second-order valence-electron chi connectivity index (χ2n) is 4.54. The van der Waals surface area contributed by atoms with Crippen LogP contribution in [-0.2, 0) is 12.8 Å². The lowest BCUT2D eigenvalue weighted by Gasteiger charge is -2.15. The predicted octanol–water partition coefficient (Wildman–Crippen LogP) is 2.58. The van der Waals surface area contributed by atoms with Crippen molar-refractivity contribution in [2.24, 2.45) is 0 Å². The normalized spacial score (nSPS) is 13.9. The molecule has 0 amide bonds. The van der Waals surface area contributed by atoms with E-state index in [0.29, 0.717) is 15.7 Å². The Kier molecular flexibility index (Phi) is 3.87. The Balaban J connectivity index is 2.37. The van der Waals surface area contributed by atoms with Crippen LogP contribution < -0.4 is 5.32 Å². The number of thiocarbonyl (C=S) groups is 1. The molecule has 0 saturated heterocycles. The van der Waals surface area contributed by atoms with E-state index in [2.05, 4.69) is 5.32 Å². The van der Waals surface area contributed by atoms with Gasteiger partial charge in [0.05, 0.1) is 5.56 Å². The van der Waals surface area contributed by atoms with Crippen molar-refractivity contribution in [2.45, 2.75) is 25.7 Å². The number of rotatable bonds is 2. The van der Waals surface area contributed by atoms with E-state index in [0.717, 1.165) is 31.2 Å². The van der Waals surface area contributed by atoms with E-state index in [4.69, 9.17) is 12.2 Å². The Morgan fingerprint density at radius 3 is 2.67 bits per heavy atom. The van der Waals surface area contributed by atoms with E-state index in [-0.39, 0.29) is 0 Å². The molecule has 0 saturated carbocycles. The number of anilines is 1. The Morgan fingerprint density at radius 2 is 2.06 bits per heavy atom. The van der Waals surface area contributed by atoms with Crippen molar-refractivity contribution >= 4 is 39.6 Å². The summed E-state index contributed by atoms with van der Waals surface area (Å²) in [4.78, 5) is 14.4. The van der Waals surface area contributed by atoms with Crippen molar-refractivity contribution in [1.82, 2.24) is 4.90 Å². The highest BCUT2D eigenvalue weighted by atomic mass is 32.1. The Morgan fingerprint density at radius 1 is 1.39 bits per heavy atom. The maximum atomic E-state index is 11.4. The van der Waals surface area contributed by atoms with Gasteiger partial charge in [-0.15, -0.1) is 11.3 Å². The molecule has 0 bridgehead atoms. The van der Waals surface area contributed by atoms with Gasteiger partial charge >= 0.3 is 5.97 Å². The first-order valence-corrected chi connectivity index (χ1v) is 7.09. The summed E-state index contributed by atoms with van der Waals surface area (Å²) >= 11 is 6.71. The molecule has 0 radical (unpaired) electrons. The van der Waals surface area contributed by atoms with E-state index in [1.807, 2.05) is 14.1 Å². The van der Waals surface area contributed by atoms with Gasteiger partial charge in [-0.3, -0.25) is 0 Å². The van der Waals surface area contributed by atoms with Gasteiger partial charge in [-0.05, 0) is 43.5 Å². The fourth-order valence-corrected chi connectivity index (χ4v) is 3.54. The van der Waals surface area contributed by atoms with Crippen molar-refractivity contribution in [3.63, 3.8) is 0 Å². The SMILES string of the molecule is CN(C)C(=S)Nc1sc2c(c1C(=O)O)CCCC2. The largest absolute Gasteiger partial charge is 0.478 e. The van der Waals surface area contributed by atoms with Gasteiger partial charge in [0.1, 0.15) is 5.00 Å². The van der Waals surface area contributed by atoms with Gasteiger partial charge in [0.25, 0.3) is 0 Å². The molecule has 1 aromatic rings. The third-order valence-corrected chi connectivity index (χ3v) is 4.69. The molecule has 4 nitrogen and oxygen atoms in total. The molecular formula is C12H16N2O2S2. The maximum Gasteiger partial charge on any atom is 0.339 e. The number of hydrogen-bond donors (Lipinski definition) is 2. The Hall–Kier alpha value is -1.14. The van der Waals surface area contributed by atoms with Crippen LogP contribution in [0.5, 0.6) is 0 Å². The molecular weight excluding hydrogens is 268 g/mol. The molecule has 0 unspecified atom stereocenters. The second kappa shape index (κ2) is 5.24. The smallest absolute Gasteiger partial charge is 0.339 e. The number of aryl methyl sites for hydroxylation is 1.